The third-order valence-electron chi connectivity index (χ3n) is 1.99. The molecule has 1 aromatic rings. The molecule has 1 heterocycles. The monoisotopic (exact) mass is 287 g/mol. The van der Waals surface area contributed by atoms with Crippen molar-refractivity contribution in [3.8, 4) is 0 Å². The van der Waals surface area contributed by atoms with Gasteiger partial charge in [-0.15, -0.1) is 0 Å². The predicted octanol–water partition coefficient (Wildman–Crippen LogP) is 2.82. The molecule has 0 aliphatic carbocycles. The number of hydrogen-bond acceptors (Lipinski definition) is 4. The molecule has 0 bridgehead atoms. The molecular weight excluding hydrogens is 274 g/mol. The van der Waals surface area contributed by atoms with Gasteiger partial charge in [-0.2, -0.15) is 0 Å². The second-order valence-corrected chi connectivity index (χ2v) is 4.06. The third-order valence-corrected chi connectivity index (χ3v) is 2.78. The number of nitrogens with one attached hydrogen (secondary N) is 2. The van der Waals surface area contributed by atoms with Crippen LogP contribution in [0.2, 0.25) is 0 Å². The van der Waals surface area contributed by atoms with Crippen molar-refractivity contribution in [2.45, 2.75) is 19.9 Å². The van der Waals surface area contributed by atoms with E-state index in [1.54, 1.807) is 12.1 Å². The van der Waals surface area contributed by atoms with Crippen molar-refractivity contribution in [1.29, 1.82) is 0 Å². The first-order valence-corrected chi connectivity index (χ1v) is 6.13. The maximum absolute atomic E-state index is 10.4. The first-order chi connectivity index (χ1) is 7.69. The number of hydrazine groups is 1. The third kappa shape index (κ3) is 3.46. The molecule has 1 aliphatic heterocycles. The summed E-state index contributed by atoms with van der Waals surface area (Å²) in [7, 11) is 0. The number of non-ortho nitro benzene ring substituents is 1. The minimum Gasteiger partial charge on any atom is -0.321 e. The summed E-state index contributed by atoms with van der Waals surface area (Å²) in [5, 5.41) is 11.5. The van der Waals surface area contributed by atoms with Crippen molar-refractivity contribution < 1.29 is 4.92 Å². The summed E-state index contributed by atoms with van der Waals surface area (Å²) in [6, 6.07) is 4.76. The average molecular weight is 288 g/mol. The molecule has 5 nitrogen and oxygen atoms in total. The molecule has 0 spiro atoms. The van der Waals surface area contributed by atoms with Crippen molar-refractivity contribution in [2.24, 2.45) is 0 Å². The van der Waals surface area contributed by atoms with Gasteiger partial charge in [-0.05, 0) is 18.1 Å². The van der Waals surface area contributed by atoms with E-state index in [2.05, 4.69) is 33.7 Å². The smallest absolute Gasteiger partial charge is 0.269 e. The first kappa shape index (κ1) is 12.9. The standard InChI is InChI=1S/C7H7N3O2.C3H7Br/c11-10(12)6-1-2-7-5(3-6)4-8-9-7;1-2-3-4/h1-3,8-9H,4H2;2-3H2,1H3. The van der Waals surface area contributed by atoms with Gasteiger partial charge < -0.3 is 5.43 Å². The van der Waals surface area contributed by atoms with E-state index in [1.807, 2.05) is 0 Å². The van der Waals surface area contributed by atoms with Gasteiger partial charge in [0, 0.05) is 24.0 Å². The summed E-state index contributed by atoms with van der Waals surface area (Å²) in [5.74, 6) is 0. The lowest BCUT2D eigenvalue weighted by Crippen LogP contribution is -2.10. The topological polar surface area (TPSA) is 67.2 Å². The molecule has 0 amide bonds. The minimum atomic E-state index is -0.390. The molecule has 0 saturated heterocycles. The molecule has 88 valence electrons. The van der Waals surface area contributed by atoms with Crippen LogP contribution in [0, 0.1) is 10.1 Å². The highest BCUT2D eigenvalue weighted by Gasteiger charge is 2.13. The van der Waals surface area contributed by atoms with Crippen molar-refractivity contribution in [2.75, 3.05) is 10.8 Å². The van der Waals surface area contributed by atoms with E-state index in [0.29, 0.717) is 6.54 Å². The van der Waals surface area contributed by atoms with Gasteiger partial charge in [-0.3, -0.25) is 10.1 Å². The Balaban J connectivity index is 0.000000280. The number of alkyl halides is 1. The van der Waals surface area contributed by atoms with Crippen LogP contribution in [0.25, 0.3) is 0 Å². The zero-order valence-corrected chi connectivity index (χ0v) is 10.6. The molecular formula is C10H14BrN3O2. The summed E-state index contributed by atoms with van der Waals surface area (Å²) >= 11 is 3.25. The Morgan fingerprint density at radius 3 is 2.81 bits per heavy atom. The van der Waals surface area contributed by atoms with Crippen LogP contribution in [0.4, 0.5) is 11.4 Å². The van der Waals surface area contributed by atoms with E-state index < -0.39 is 4.92 Å². The quantitative estimate of drug-likeness (QED) is 0.499. The Morgan fingerprint density at radius 1 is 1.56 bits per heavy atom. The largest absolute Gasteiger partial charge is 0.321 e. The fourth-order valence-corrected chi connectivity index (χ4v) is 1.20. The summed E-state index contributed by atoms with van der Waals surface area (Å²) in [5.41, 5.74) is 7.76. The second kappa shape index (κ2) is 6.44. The molecule has 0 aromatic heterocycles. The normalized spacial score (nSPS) is 12.1. The lowest BCUT2D eigenvalue weighted by Gasteiger charge is -1.96. The second-order valence-electron chi connectivity index (χ2n) is 3.27. The Morgan fingerprint density at radius 2 is 2.25 bits per heavy atom. The van der Waals surface area contributed by atoms with Gasteiger partial charge in [0.25, 0.3) is 5.69 Å². The van der Waals surface area contributed by atoms with Crippen LogP contribution < -0.4 is 10.9 Å². The van der Waals surface area contributed by atoms with E-state index in [1.165, 1.54) is 12.5 Å². The number of rotatable bonds is 2. The zero-order chi connectivity index (χ0) is 12.0. The van der Waals surface area contributed by atoms with E-state index in [9.17, 15) is 10.1 Å². The number of hydrogen-bond donors (Lipinski definition) is 2. The SMILES string of the molecule is CCCBr.O=[N+]([O-])c1ccc2c(c1)CNN2. The van der Waals surface area contributed by atoms with E-state index >= 15 is 0 Å². The van der Waals surface area contributed by atoms with E-state index in [-0.39, 0.29) is 5.69 Å². The van der Waals surface area contributed by atoms with Gasteiger partial charge in [0.05, 0.1) is 10.6 Å². The molecule has 0 unspecified atom stereocenters. The fraction of sp³-hybridized carbons (Fsp3) is 0.400. The summed E-state index contributed by atoms with van der Waals surface area (Å²) < 4.78 is 0. The predicted molar refractivity (Wildman–Crippen MR) is 67.6 cm³/mol. The number of anilines is 1. The highest BCUT2D eigenvalue weighted by atomic mass is 79.9. The Labute approximate surface area is 102 Å². The Hall–Kier alpha value is -1.14. The van der Waals surface area contributed by atoms with Crippen molar-refractivity contribution in [3.63, 3.8) is 0 Å². The number of nitro benzene ring substituents is 1. The molecule has 1 aliphatic rings. The van der Waals surface area contributed by atoms with Gasteiger partial charge >= 0.3 is 0 Å². The maximum atomic E-state index is 10.4. The number of benzene rings is 1. The summed E-state index contributed by atoms with van der Waals surface area (Å²) in [4.78, 5) is 9.98. The van der Waals surface area contributed by atoms with Gasteiger partial charge in [0.2, 0.25) is 0 Å². The minimum absolute atomic E-state index is 0.138. The lowest BCUT2D eigenvalue weighted by molar-refractivity contribution is -0.384. The first-order valence-electron chi connectivity index (χ1n) is 5.01. The van der Waals surface area contributed by atoms with Crippen molar-refractivity contribution in [3.05, 3.63) is 33.9 Å². The Kier molecular flexibility index (Phi) is 5.21. The number of fused-ring (bicyclic) bond motifs is 1. The van der Waals surface area contributed by atoms with Gasteiger partial charge in [-0.25, -0.2) is 5.43 Å². The molecule has 16 heavy (non-hydrogen) atoms. The molecule has 2 rings (SSSR count). The molecule has 0 atom stereocenters. The zero-order valence-electron chi connectivity index (χ0n) is 9.00. The van der Waals surface area contributed by atoms with Crippen LogP contribution in [0.5, 0.6) is 0 Å². The summed E-state index contributed by atoms with van der Waals surface area (Å²) in [6.45, 7) is 2.77. The van der Waals surface area contributed by atoms with Crippen LogP contribution in [0.3, 0.4) is 0 Å². The Bertz CT molecular complexity index is 369. The molecule has 2 N–H and O–H groups in total. The van der Waals surface area contributed by atoms with E-state index in [4.69, 9.17) is 0 Å². The van der Waals surface area contributed by atoms with Gasteiger partial charge in [0.15, 0.2) is 0 Å². The van der Waals surface area contributed by atoms with Crippen molar-refractivity contribution in [1.82, 2.24) is 5.43 Å². The van der Waals surface area contributed by atoms with Gasteiger partial charge in [0.1, 0.15) is 0 Å². The molecule has 0 radical (unpaired) electrons. The number of nitrogens with zero attached hydrogens (tertiary/aromatic N) is 1. The number of nitro groups is 1. The molecule has 6 heteroatoms. The highest BCUT2D eigenvalue weighted by molar-refractivity contribution is 9.09. The fourth-order valence-electron chi connectivity index (χ4n) is 1.20. The van der Waals surface area contributed by atoms with Gasteiger partial charge in [-0.1, -0.05) is 22.9 Å². The van der Waals surface area contributed by atoms with Crippen LogP contribution in [0.1, 0.15) is 18.9 Å². The summed E-state index contributed by atoms with van der Waals surface area (Å²) in [6.07, 6.45) is 1.24. The number of halogens is 1. The van der Waals surface area contributed by atoms with Crippen LogP contribution in [-0.4, -0.2) is 10.3 Å². The van der Waals surface area contributed by atoms with Crippen molar-refractivity contribution >= 4 is 27.3 Å². The molecule has 0 saturated carbocycles. The van der Waals surface area contributed by atoms with Crippen LogP contribution >= 0.6 is 15.9 Å². The maximum Gasteiger partial charge on any atom is 0.269 e. The molecule has 0 fully saturated rings. The van der Waals surface area contributed by atoms with Crippen LogP contribution in [0.15, 0.2) is 18.2 Å². The lowest BCUT2D eigenvalue weighted by atomic mass is 10.2. The van der Waals surface area contributed by atoms with Crippen LogP contribution in [-0.2, 0) is 6.54 Å². The highest BCUT2D eigenvalue weighted by Crippen LogP contribution is 2.24. The molecule has 1 aromatic carbocycles. The average Bonchev–Trinajstić information content (AvgIpc) is 2.76. The van der Waals surface area contributed by atoms with E-state index in [0.717, 1.165) is 16.6 Å².